The van der Waals surface area contributed by atoms with Gasteiger partial charge in [0.25, 0.3) is 0 Å². The number of halogens is 2. The number of benzene rings is 4. The third kappa shape index (κ3) is 6.41. The van der Waals surface area contributed by atoms with Gasteiger partial charge in [-0.15, -0.1) is 0 Å². The monoisotopic (exact) mass is 614 g/mol. The van der Waals surface area contributed by atoms with Crippen molar-refractivity contribution in [1.82, 2.24) is 0 Å². The molecule has 2 N–H and O–H groups in total. The van der Waals surface area contributed by atoms with Gasteiger partial charge in [0.2, 0.25) is 0 Å². The molecule has 5 rings (SSSR count). The molecule has 6 heteroatoms. The maximum atomic E-state index is 14.1. The van der Waals surface area contributed by atoms with E-state index in [4.69, 9.17) is 33.7 Å². The molecule has 4 aromatic carbocycles. The van der Waals surface area contributed by atoms with E-state index in [-0.39, 0.29) is 23.7 Å². The molecule has 43 heavy (non-hydrogen) atoms. The van der Waals surface area contributed by atoms with Crippen LogP contribution in [0.2, 0.25) is 10.0 Å². The Labute approximate surface area is 265 Å². The molecule has 0 bridgehead atoms. The van der Waals surface area contributed by atoms with E-state index in [2.05, 4.69) is 69.9 Å². The van der Waals surface area contributed by atoms with Crippen LogP contribution in [0.1, 0.15) is 70.1 Å². The largest absolute Gasteiger partial charge is 0.488 e. The molecule has 0 radical (unpaired) electrons. The third-order valence-corrected chi connectivity index (χ3v) is 9.19. The minimum atomic E-state index is -0.224. The summed E-state index contributed by atoms with van der Waals surface area (Å²) < 4.78 is 6.53. The summed E-state index contributed by atoms with van der Waals surface area (Å²) in [4.78, 5) is 16.4. The third-order valence-electron chi connectivity index (χ3n) is 8.61. The molecule has 1 aliphatic rings. The number of nitrogens with two attached hydrogens (primary N) is 1. The first kappa shape index (κ1) is 31.0. The van der Waals surface area contributed by atoms with E-state index in [1.54, 1.807) is 6.07 Å². The van der Waals surface area contributed by atoms with Crippen LogP contribution >= 0.6 is 23.2 Å². The van der Waals surface area contributed by atoms with Crippen molar-refractivity contribution in [3.05, 3.63) is 105 Å². The Morgan fingerprint density at radius 1 is 0.953 bits per heavy atom. The smallest absolute Gasteiger partial charge is 0.160 e. The van der Waals surface area contributed by atoms with Crippen LogP contribution in [-0.2, 0) is 11.4 Å². The summed E-state index contributed by atoms with van der Waals surface area (Å²) in [6.07, 6.45) is 1.24. The average Bonchev–Trinajstić information content (AvgIpc) is 2.96. The first-order valence-electron chi connectivity index (χ1n) is 15.0. The van der Waals surface area contributed by atoms with E-state index in [1.807, 2.05) is 36.4 Å². The number of hydrogen-bond donors (Lipinski definition) is 1. The standard InChI is InChI=1S/C37H40Cl2N2O2/c1-6-41(7-2)27-15-16-28(34(19-27)43-22-25-12-14-26(38)18-31(25)39)23(3)35-30(20-37(4,5)21-33(35)42)36-29-11-9-8-10-24(29)13-17-32(36)40/h8-19,23H,6-7,20-22,40H2,1-5H3/t23-/m1/s1. The van der Waals surface area contributed by atoms with Gasteiger partial charge < -0.3 is 15.4 Å². The summed E-state index contributed by atoms with van der Waals surface area (Å²) in [5.74, 6) is 0.669. The summed E-state index contributed by atoms with van der Waals surface area (Å²) in [6.45, 7) is 12.7. The molecule has 0 aromatic heterocycles. The molecular formula is C37H40Cl2N2O2. The summed E-state index contributed by atoms with van der Waals surface area (Å²) in [7, 11) is 0. The molecule has 0 fully saturated rings. The van der Waals surface area contributed by atoms with Crippen molar-refractivity contribution in [2.45, 2.75) is 60.0 Å². The van der Waals surface area contributed by atoms with Gasteiger partial charge in [-0.1, -0.05) is 86.4 Å². The Balaban J connectivity index is 1.67. The summed E-state index contributed by atoms with van der Waals surface area (Å²) >= 11 is 12.6. The number of ether oxygens (including phenoxy) is 1. The summed E-state index contributed by atoms with van der Waals surface area (Å²) in [5, 5.41) is 3.31. The highest BCUT2D eigenvalue weighted by molar-refractivity contribution is 6.35. The van der Waals surface area contributed by atoms with E-state index < -0.39 is 0 Å². The molecule has 4 nitrogen and oxygen atoms in total. The van der Waals surface area contributed by atoms with Crippen LogP contribution in [0.5, 0.6) is 5.75 Å². The molecule has 0 aliphatic heterocycles. The number of carbonyl (C=O) groups is 1. The molecule has 4 aromatic rings. The second-order valence-electron chi connectivity index (χ2n) is 12.2. The van der Waals surface area contributed by atoms with Crippen LogP contribution < -0.4 is 15.4 Å². The van der Waals surface area contributed by atoms with Crippen molar-refractivity contribution < 1.29 is 9.53 Å². The maximum Gasteiger partial charge on any atom is 0.160 e. The van der Waals surface area contributed by atoms with Gasteiger partial charge in [-0.05, 0) is 66.3 Å². The van der Waals surface area contributed by atoms with Gasteiger partial charge in [0.1, 0.15) is 12.4 Å². The fourth-order valence-electron chi connectivity index (χ4n) is 6.43. The lowest BCUT2D eigenvalue weighted by molar-refractivity contribution is -0.118. The Morgan fingerprint density at radius 2 is 1.70 bits per heavy atom. The molecule has 0 saturated heterocycles. The molecule has 224 valence electrons. The molecule has 0 spiro atoms. The zero-order valence-electron chi connectivity index (χ0n) is 25.6. The predicted octanol–water partition coefficient (Wildman–Crippen LogP) is 10.1. The van der Waals surface area contributed by atoms with Crippen LogP contribution in [-0.4, -0.2) is 18.9 Å². The lowest BCUT2D eigenvalue weighted by Gasteiger charge is -2.36. The van der Waals surface area contributed by atoms with Crippen molar-refractivity contribution in [2.75, 3.05) is 23.7 Å². The normalized spacial score (nSPS) is 15.6. The fraction of sp³-hybridized carbons (Fsp3) is 0.324. The second kappa shape index (κ2) is 12.6. The van der Waals surface area contributed by atoms with Gasteiger partial charge in [-0.2, -0.15) is 0 Å². The molecule has 0 unspecified atom stereocenters. The molecule has 1 aliphatic carbocycles. The number of fused-ring (bicyclic) bond motifs is 1. The lowest BCUT2D eigenvalue weighted by Crippen LogP contribution is -2.28. The number of nitrogens with zero attached hydrogens (tertiary/aromatic N) is 1. The second-order valence-corrected chi connectivity index (χ2v) is 13.1. The van der Waals surface area contributed by atoms with E-state index in [1.165, 1.54) is 0 Å². The molecule has 0 saturated carbocycles. The van der Waals surface area contributed by atoms with Crippen LogP contribution in [0.4, 0.5) is 11.4 Å². The Kier molecular flexibility index (Phi) is 9.10. The number of anilines is 2. The number of nitrogen functional groups attached to an aromatic ring is 1. The number of Topliss-reactive ketones (excluding diaryl/α,β-unsaturated/α-hetero) is 1. The first-order chi connectivity index (χ1) is 20.5. The van der Waals surface area contributed by atoms with Crippen molar-refractivity contribution in [3.63, 3.8) is 0 Å². The molecule has 0 heterocycles. The van der Waals surface area contributed by atoms with Crippen LogP contribution in [0.25, 0.3) is 16.3 Å². The van der Waals surface area contributed by atoms with Crippen molar-refractivity contribution in [2.24, 2.45) is 5.41 Å². The van der Waals surface area contributed by atoms with Crippen LogP contribution in [0.15, 0.2) is 78.4 Å². The summed E-state index contributed by atoms with van der Waals surface area (Å²) in [6, 6.07) is 24.0. The van der Waals surface area contributed by atoms with E-state index in [9.17, 15) is 4.79 Å². The Hall–Kier alpha value is -3.47. The van der Waals surface area contributed by atoms with Gasteiger partial charge in [-0.25, -0.2) is 0 Å². The minimum absolute atomic E-state index is 0.158. The zero-order valence-corrected chi connectivity index (χ0v) is 27.1. The van der Waals surface area contributed by atoms with Gasteiger partial charge >= 0.3 is 0 Å². The highest BCUT2D eigenvalue weighted by Gasteiger charge is 2.37. The van der Waals surface area contributed by atoms with Gasteiger partial charge in [0.05, 0.1) is 0 Å². The van der Waals surface area contributed by atoms with E-state index in [0.717, 1.165) is 69.6 Å². The number of rotatable bonds is 9. The highest BCUT2D eigenvalue weighted by atomic mass is 35.5. The van der Waals surface area contributed by atoms with Gasteiger partial charge in [-0.3, -0.25) is 4.79 Å². The topological polar surface area (TPSA) is 55.6 Å². The Morgan fingerprint density at radius 3 is 2.42 bits per heavy atom. The zero-order chi connectivity index (χ0) is 30.9. The fourth-order valence-corrected chi connectivity index (χ4v) is 6.89. The van der Waals surface area contributed by atoms with Crippen molar-refractivity contribution >= 4 is 56.7 Å². The number of carbonyl (C=O) groups excluding carboxylic acids is 1. The minimum Gasteiger partial charge on any atom is -0.488 e. The average molecular weight is 616 g/mol. The van der Waals surface area contributed by atoms with Gasteiger partial charge in [0.15, 0.2) is 5.78 Å². The highest BCUT2D eigenvalue weighted by Crippen LogP contribution is 2.49. The molecular weight excluding hydrogens is 575 g/mol. The van der Waals surface area contributed by atoms with E-state index in [0.29, 0.717) is 22.2 Å². The van der Waals surface area contributed by atoms with Crippen LogP contribution in [0.3, 0.4) is 0 Å². The van der Waals surface area contributed by atoms with Crippen molar-refractivity contribution in [1.29, 1.82) is 0 Å². The molecule has 0 amide bonds. The number of hydrogen-bond acceptors (Lipinski definition) is 4. The van der Waals surface area contributed by atoms with Gasteiger partial charge in [0, 0.05) is 75.2 Å². The quantitative estimate of drug-likeness (QED) is 0.190. The SMILES string of the molecule is CCN(CC)c1ccc([C@@H](C)C2=C(c3c(N)ccc4ccccc34)CC(C)(C)CC2=O)c(OCc2ccc(Cl)cc2Cl)c1. The maximum absolute atomic E-state index is 14.1. The number of allylic oxidation sites excluding steroid dienone is 2. The lowest BCUT2D eigenvalue weighted by atomic mass is 9.68. The van der Waals surface area contributed by atoms with Crippen LogP contribution in [0, 0.1) is 5.41 Å². The van der Waals surface area contributed by atoms with E-state index >= 15 is 0 Å². The summed E-state index contributed by atoms with van der Waals surface area (Å²) in [5.41, 5.74) is 12.9. The Bertz CT molecular complexity index is 1700. The predicted molar refractivity (Wildman–Crippen MR) is 183 cm³/mol. The molecule has 1 atom stereocenters. The number of ketones is 1. The first-order valence-corrected chi connectivity index (χ1v) is 15.8. The van der Waals surface area contributed by atoms with Crippen molar-refractivity contribution in [3.8, 4) is 5.75 Å².